The predicted octanol–water partition coefficient (Wildman–Crippen LogP) is 2.52. The van der Waals surface area contributed by atoms with Crippen LogP contribution in [0, 0.1) is 0 Å². The van der Waals surface area contributed by atoms with Crippen molar-refractivity contribution in [2.45, 2.75) is 20.0 Å². The zero-order chi connectivity index (χ0) is 13.7. The van der Waals surface area contributed by atoms with Crippen LogP contribution in [0.15, 0.2) is 42.9 Å². The van der Waals surface area contributed by atoms with Gasteiger partial charge in [-0.25, -0.2) is 9.97 Å². The first-order valence-corrected chi connectivity index (χ1v) is 5.99. The normalized spacial score (nSPS) is 10.3. The van der Waals surface area contributed by atoms with Crippen LogP contribution in [0.25, 0.3) is 0 Å². The number of nitrogens with one attached hydrogen (secondary N) is 1. The van der Waals surface area contributed by atoms with E-state index in [0.29, 0.717) is 11.4 Å². The van der Waals surface area contributed by atoms with Crippen molar-refractivity contribution in [3.63, 3.8) is 0 Å². The summed E-state index contributed by atoms with van der Waals surface area (Å²) in [6, 6.07) is 8.77. The monoisotopic (exact) mass is 257 g/mol. The second kappa shape index (κ2) is 5.95. The van der Waals surface area contributed by atoms with Crippen LogP contribution in [0.3, 0.4) is 0 Å². The molecule has 0 spiro atoms. The Bertz CT molecular complexity index is 538. The zero-order valence-electron chi connectivity index (χ0n) is 10.8. The van der Waals surface area contributed by atoms with Crippen molar-refractivity contribution >= 4 is 11.6 Å². The lowest BCUT2D eigenvalue weighted by molar-refractivity contribution is 0.102. The molecule has 0 aliphatic carbocycles. The van der Waals surface area contributed by atoms with Crippen LogP contribution in [0.5, 0.6) is 5.75 Å². The quantitative estimate of drug-likeness (QED) is 0.914. The van der Waals surface area contributed by atoms with Crippen LogP contribution in [-0.4, -0.2) is 22.0 Å². The van der Waals surface area contributed by atoms with E-state index in [0.717, 1.165) is 5.75 Å². The summed E-state index contributed by atoms with van der Waals surface area (Å²) in [7, 11) is 0. The van der Waals surface area contributed by atoms with E-state index in [4.69, 9.17) is 4.74 Å². The Morgan fingerprint density at radius 3 is 2.53 bits per heavy atom. The summed E-state index contributed by atoms with van der Waals surface area (Å²) in [6.45, 7) is 3.93. The molecule has 0 saturated carbocycles. The standard InChI is InChI=1S/C14H15N3O2/c1-10(2)19-12-5-3-11(4-6-12)17-14(18)13-7-8-15-9-16-13/h3-10H,1-2H3,(H,17,18). The maximum Gasteiger partial charge on any atom is 0.274 e. The van der Waals surface area contributed by atoms with Gasteiger partial charge in [0.05, 0.1) is 6.10 Å². The first-order chi connectivity index (χ1) is 9.15. The van der Waals surface area contributed by atoms with Crippen molar-refractivity contribution in [3.8, 4) is 5.75 Å². The number of aromatic nitrogens is 2. The van der Waals surface area contributed by atoms with E-state index >= 15 is 0 Å². The zero-order valence-corrected chi connectivity index (χ0v) is 10.8. The van der Waals surface area contributed by atoms with E-state index in [-0.39, 0.29) is 12.0 Å². The van der Waals surface area contributed by atoms with E-state index < -0.39 is 0 Å². The van der Waals surface area contributed by atoms with Gasteiger partial charge in [0, 0.05) is 11.9 Å². The van der Waals surface area contributed by atoms with E-state index in [9.17, 15) is 4.79 Å². The van der Waals surface area contributed by atoms with Crippen molar-refractivity contribution in [1.82, 2.24) is 9.97 Å². The molecular weight excluding hydrogens is 242 g/mol. The number of hydrogen-bond acceptors (Lipinski definition) is 4. The fourth-order valence-electron chi connectivity index (χ4n) is 1.51. The molecule has 0 aliphatic heterocycles. The van der Waals surface area contributed by atoms with Gasteiger partial charge in [0.15, 0.2) is 0 Å². The molecule has 1 amide bonds. The number of amides is 1. The number of anilines is 1. The summed E-state index contributed by atoms with van der Waals surface area (Å²) in [5.41, 5.74) is 1.03. The fourth-order valence-corrected chi connectivity index (χ4v) is 1.51. The molecule has 2 rings (SSSR count). The summed E-state index contributed by atoms with van der Waals surface area (Å²) in [4.78, 5) is 19.5. The molecule has 0 fully saturated rings. The highest BCUT2D eigenvalue weighted by Crippen LogP contribution is 2.17. The molecule has 1 N–H and O–H groups in total. The first kappa shape index (κ1) is 13.0. The third kappa shape index (κ3) is 3.77. The van der Waals surface area contributed by atoms with Crippen molar-refractivity contribution < 1.29 is 9.53 Å². The summed E-state index contributed by atoms with van der Waals surface area (Å²) >= 11 is 0. The highest BCUT2D eigenvalue weighted by molar-refractivity contribution is 6.02. The molecule has 0 aliphatic rings. The van der Waals surface area contributed by atoms with E-state index in [1.807, 2.05) is 26.0 Å². The molecule has 1 aromatic carbocycles. The lowest BCUT2D eigenvalue weighted by atomic mass is 10.3. The Hall–Kier alpha value is -2.43. The maximum atomic E-state index is 11.8. The van der Waals surface area contributed by atoms with Gasteiger partial charge in [-0.1, -0.05) is 0 Å². The highest BCUT2D eigenvalue weighted by atomic mass is 16.5. The molecule has 19 heavy (non-hydrogen) atoms. The van der Waals surface area contributed by atoms with Gasteiger partial charge in [-0.05, 0) is 44.2 Å². The lowest BCUT2D eigenvalue weighted by Gasteiger charge is -2.10. The van der Waals surface area contributed by atoms with E-state index in [1.54, 1.807) is 18.2 Å². The van der Waals surface area contributed by atoms with E-state index in [2.05, 4.69) is 15.3 Å². The van der Waals surface area contributed by atoms with Crippen LogP contribution in [-0.2, 0) is 0 Å². The Kier molecular flexibility index (Phi) is 4.07. The lowest BCUT2D eigenvalue weighted by Crippen LogP contribution is -2.13. The molecule has 5 heteroatoms. The Morgan fingerprint density at radius 2 is 1.95 bits per heavy atom. The van der Waals surface area contributed by atoms with Crippen LogP contribution in [0.1, 0.15) is 24.3 Å². The number of ether oxygens (including phenoxy) is 1. The van der Waals surface area contributed by atoms with Gasteiger partial charge in [-0.2, -0.15) is 0 Å². The summed E-state index contributed by atoms with van der Waals surface area (Å²) in [5.74, 6) is 0.509. The molecule has 0 unspecified atom stereocenters. The number of carbonyl (C=O) groups is 1. The van der Waals surface area contributed by atoms with Gasteiger partial charge in [-0.15, -0.1) is 0 Å². The van der Waals surface area contributed by atoms with Gasteiger partial charge in [-0.3, -0.25) is 4.79 Å². The fraction of sp³-hybridized carbons (Fsp3) is 0.214. The van der Waals surface area contributed by atoms with Gasteiger partial charge >= 0.3 is 0 Å². The first-order valence-electron chi connectivity index (χ1n) is 5.99. The van der Waals surface area contributed by atoms with Crippen molar-refractivity contribution in [2.24, 2.45) is 0 Å². The summed E-state index contributed by atoms with van der Waals surface area (Å²) in [6.07, 6.45) is 3.00. The Balaban J connectivity index is 2.02. The van der Waals surface area contributed by atoms with Crippen molar-refractivity contribution in [1.29, 1.82) is 0 Å². The van der Waals surface area contributed by atoms with Crippen LogP contribution < -0.4 is 10.1 Å². The third-order valence-corrected chi connectivity index (χ3v) is 2.30. The molecule has 0 bridgehead atoms. The van der Waals surface area contributed by atoms with Gasteiger partial charge in [0.2, 0.25) is 0 Å². The number of nitrogens with zero attached hydrogens (tertiary/aromatic N) is 2. The largest absolute Gasteiger partial charge is 0.491 e. The molecule has 98 valence electrons. The van der Waals surface area contributed by atoms with Gasteiger partial charge in [0.25, 0.3) is 5.91 Å². The average Bonchev–Trinajstić information content (AvgIpc) is 2.41. The van der Waals surface area contributed by atoms with Crippen LogP contribution >= 0.6 is 0 Å². The van der Waals surface area contributed by atoms with E-state index in [1.165, 1.54) is 12.5 Å². The van der Waals surface area contributed by atoms with Crippen LogP contribution in [0.2, 0.25) is 0 Å². The summed E-state index contributed by atoms with van der Waals surface area (Å²) in [5, 5.41) is 2.75. The minimum absolute atomic E-state index is 0.126. The highest BCUT2D eigenvalue weighted by Gasteiger charge is 2.07. The smallest absolute Gasteiger partial charge is 0.274 e. The second-order valence-electron chi connectivity index (χ2n) is 4.24. The van der Waals surface area contributed by atoms with Crippen LogP contribution in [0.4, 0.5) is 5.69 Å². The molecule has 0 atom stereocenters. The number of carbonyl (C=O) groups excluding carboxylic acids is 1. The second-order valence-corrected chi connectivity index (χ2v) is 4.24. The minimum atomic E-state index is -0.264. The maximum absolute atomic E-state index is 11.8. The summed E-state index contributed by atoms with van der Waals surface area (Å²) < 4.78 is 5.53. The average molecular weight is 257 g/mol. The number of rotatable bonds is 4. The molecule has 1 aromatic heterocycles. The number of benzene rings is 1. The number of hydrogen-bond donors (Lipinski definition) is 1. The van der Waals surface area contributed by atoms with Crippen molar-refractivity contribution in [3.05, 3.63) is 48.5 Å². The SMILES string of the molecule is CC(C)Oc1ccc(NC(=O)c2ccncn2)cc1. The van der Waals surface area contributed by atoms with Gasteiger partial charge in [0.1, 0.15) is 17.8 Å². The predicted molar refractivity (Wildman–Crippen MR) is 72.2 cm³/mol. The topological polar surface area (TPSA) is 64.1 Å². The molecule has 0 radical (unpaired) electrons. The Labute approximate surface area is 111 Å². The van der Waals surface area contributed by atoms with Gasteiger partial charge < -0.3 is 10.1 Å². The minimum Gasteiger partial charge on any atom is -0.491 e. The molecule has 5 nitrogen and oxygen atoms in total. The molecular formula is C14H15N3O2. The Morgan fingerprint density at radius 1 is 1.21 bits per heavy atom. The van der Waals surface area contributed by atoms with Crippen molar-refractivity contribution in [2.75, 3.05) is 5.32 Å². The molecule has 0 saturated heterocycles. The third-order valence-electron chi connectivity index (χ3n) is 2.30. The molecule has 1 heterocycles. The molecule has 2 aromatic rings.